The predicted molar refractivity (Wildman–Crippen MR) is 224 cm³/mol. The third-order valence-electron chi connectivity index (χ3n) is 11.9. The minimum Gasteiger partial charge on any atom is -0.465 e. The fourth-order valence-corrected chi connectivity index (χ4v) is 9.27. The maximum absolute atomic E-state index is 13.7. The molecule has 0 radical (unpaired) electrons. The Labute approximate surface area is 345 Å². The molecule has 58 heavy (non-hydrogen) atoms. The van der Waals surface area contributed by atoms with Crippen molar-refractivity contribution in [2.45, 2.75) is 35.5 Å². The first-order valence-electron chi connectivity index (χ1n) is 18.9. The molecule has 2 amide bonds. The number of hydrogen-bond donors (Lipinski definition) is 0. The Bertz CT molecular complexity index is 2460. The topological polar surface area (TPSA) is 93.2 Å². The first-order chi connectivity index (χ1) is 28.1. The molecule has 2 aliphatic heterocycles. The molecule has 2 aliphatic carbocycles. The van der Waals surface area contributed by atoms with Gasteiger partial charge in [0.2, 0.25) is 11.8 Å². The maximum Gasteiger partial charge on any atom is 0.337 e. The normalized spacial score (nSPS) is 21.9. The van der Waals surface area contributed by atoms with Crippen molar-refractivity contribution in [3.05, 3.63) is 189 Å². The van der Waals surface area contributed by atoms with E-state index >= 15 is 0 Å². The Morgan fingerprint density at radius 2 is 0.914 bits per heavy atom. The van der Waals surface area contributed by atoms with Crippen molar-refractivity contribution in [3.8, 4) is 0 Å². The van der Waals surface area contributed by atoms with Gasteiger partial charge in [-0.05, 0) is 108 Å². The number of rotatable bonds is 6. The summed E-state index contributed by atoms with van der Waals surface area (Å²) in [4.78, 5) is 54.9. The van der Waals surface area contributed by atoms with Gasteiger partial charge in [-0.1, -0.05) is 96.0 Å². The minimum atomic E-state index is -0.564. The van der Waals surface area contributed by atoms with E-state index in [9.17, 15) is 19.2 Å². The average molecular weight is 808 g/mol. The Morgan fingerprint density at radius 3 is 1.29 bits per heavy atom. The number of halogens is 2. The van der Waals surface area contributed by atoms with Gasteiger partial charge in [0.15, 0.2) is 0 Å². The lowest BCUT2D eigenvalue weighted by Gasteiger charge is -2.19. The largest absolute Gasteiger partial charge is 0.465 e. The summed E-state index contributed by atoms with van der Waals surface area (Å²) in [5.74, 6) is -0.537. The number of benzene rings is 6. The van der Waals surface area contributed by atoms with Gasteiger partial charge in [0, 0.05) is 33.3 Å². The van der Waals surface area contributed by atoms with Crippen LogP contribution in [0.25, 0.3) is 0 Å². The highest BCUT2D eigenvalue weighted by Gasteiger charge is 2.68. The Morgan fingerprint density at radius 1 is 0.534 bits per heavy atom. The molecule has 6 aromatic carbocycles. The number of anilines is 4. The monoisotopic (exact) mass is 806 g/mol. The molecule has 2 spiro atoms. The van der Waals surface area contributed by atoms with Crippen LogP contribution in [0.4, 0.5) is 22.7 Å². The first kappa shape index (κ1) is 37.4. The van der Waals surface area contributed by atoms with Gasteiger partial charge in [-0.3, -0.25) is 19.4 Å². The number of carbonyl (C=O) groups is 4. The highest BCUT2D eigenvalue weighted by molar-refractivity contribution is 6.31. The quantitative estimate of drug-likeness (QED) is 0.156. The molecule has 10 heteroatoms. The molecule has 4 aliphatic rings. The number of fused-ring (bicyclic) bond motifs is 4. The van der Waals surface area contributed by atoms with Gasteiger partial charge in [0.1, 0.15) is 0 Å². The molecule has 0 aromatic heterocycles. The molecule has 0 saturated heterocycles. The van der Waals surface area contributed by atoms with Crippen LogP contribution < -0.4 is 9.80 Å². The van der Waals surface area contributed by atoms with E-state index in [1.165, 1.54) is 14.2 Å². The van der Waals surface area contributed by atoms with Gasteiger partial charge >= 0.3 is 11.9 Å². The average Bonchev–Trinajstić information content (AvgIpc) is 4.16. The highest BCUT2D eigenvalue weighted by Crippen LogP contribution is 2.68. The second kappa shape index (κ2) is 14.3. The van der Waals surface area contributed by atoms with Crippen LogP contribution >= 0.6 is 23.2 Å². The second-order valence-electron chi connectivity index (χ2n) is 15.0. The van der Waals surface area contributed by atoms with E-state index in [0.29, 0.717) is 32.5 Å². The van der Waals surface area contributed by atoms with Crippen molar-refractivity contribution in [2.75, 3.05) is 24.0 Å². The van der Waals surface area contributed by atoms with Gasteiger partial charge in [-0.15, -0.1) is 0 Å². The first-order valence-corrected chi connectivity index (χ1v) is 19.6. The molecular formula is C48H36Cl2N2O6. The Hall–Kier alpha value is -6.22. The SMILES string of the molecule is COC(=O)c1cccc(N2C(=O)[C@@]3(C[C@H]3c3ccc(Cl)cc3)c3ccccc32)c1.COC(=O)c1cccc(N2C(=O)[C@]3(C[C@@H]3c3ccc(Cl)cc3)c3ccccc32)c1. The van der Waals surface area contributed by atoms with E-state index in [-0.39, 0.29) is 23.7 Å². The molecule has 288 valence electrons. The van der Waals surface area contributed by atoms with Gasteiger partial charge in [0.25, 0.3) is 0 Å². The molecular weight excluding hydrogens is 771 g/mol. The van der Waals surface area contributed by atoms with Gasteiger partial charge in [-0.25, -0.2) is 9.59 Å². The second-order valence-corrected chi connectivity index (χ2v) is 15.8. The van der Waals surface area contributed by atoms with Crippen molar-refractivity contribution >= 4 is 69.7 Å². The third kappa shape index (κ3) is 5.89. The summed E-state index contributed by atoms with van der Waals surface area (Å²) >= 11 is 12.1. The summed E-state index contributed by atoms with van der Waals surface area (Å²) < 4.78 is 9.67. The van der Waals surface area contributed by atoms with Crippen LogP contribution in [0.5, 0.6) is 0 Å². The third-order valence-corrected chi connectivity index (χ3v) is 12.4. The molecule has 0 bridgehead atoms. The van der Waals surface area contributed by atoms with Crippen molar-refractivity contribution in [3.63, 3.8) is 0 Å². The standard InChI is InChI=1S/2C24H18ClNO3/c2*1-29-22(27)16-5-4-6-18(13-16)26-21-8-3-2-7-19(21)24(23(26)28)14-20(24)15-9-11-17(25)12-10-15/h2*2-13,20H,14H2,1H3/t2*20-,24-/m10/s1. The zero-order valence-corrected chi connectivity index (χ0v) is 33.0. The van der Waals surface area contributed by atoms with Crippen molar-refractivity contribution in [2.24, 2.45) is 0 Å². The van der Waals surface area contributed by atoms with Crippen LogP contribution in [0, 0.1) is 0 Å². The number of para-hydroxylation sites is 2. The molecule has 2 fully saturated rings. The number of esters is 2. The van der Waals surface area contributed by atoms with Crippen LogP contribution in [0.3, 0.4) is 0 Å². The van der Waals surface area contributed by atoms with Crippen LogP contribution in [0.1, 0.15) is 67.6 Å². The number of carbonyl (C=O) groups excluding carboxylic acids is 4. The minimum absolute atomic E-state index is 0.0423. The number of hydrogen-bond acceptors (Lipinski definition) is 6. The molecule has 2 saturated carbocycles. The lowest BCUT2D eigenvalue weighted by atomic mass is 9.92. The molecule has 4 atom stereocenters. The van der Waals surface area contributed by atoms with E-state index in [4.69, 9.17) is 32.7 Å². The van der Waals surface area contributed by atoms with Crippen molar-refractivity contribution < 1.29 is 28.7 Å². The van der Waals surface area contributed by atoms with E-state index in [1.807, 2.05) is 109 Å². The summed E-state index contributed by atoms with van der Waals surface area (Å²) in [6, 6.07) is 45.3. The van der Waals surface area contributed by atoms with Crippen LogP contribution in [-0.2, 0) is 29.9 Å². The number of nitrogens with zero attached hydrogens (tertiary/aromatic N) is 2. The van der Waals surface area contributed by atoms with Gasteiger partial charge < -0.3 is 9.47 Å². The molecule has 0 unspecified atom stereocenters. The number of ether oxygens (including phenoxy) is 2. The van der Waals surface area contributed by atoms with Crippen LogP contribution in [-0.4, -0.2) is 38.0 Å². The van der Waals surface area contributed by atoms with Gasteiger partial charge in [-0.2, -0.15) is 0 Å². The lowest BCUT2D eigenvalue weighted by molar-refractivity contribution is -0.120. The van der Waals surface area contributed by atoms with E-state index in [0.717, 1.165) is 46.5 Å². The summed E-state index contributed by atoms with van der Waals surface area (Å²) in [5.41, 5.74) is 7.09. The fraction of sp³-hybridized carbons (Fsp3) is 0.167. The number of methoxy groups -OCH3 is 2. The Kier molecular flexibility index (Phi) is 9.22. The van der Waals surface area contributed by atoms with E-state index in [2.05, 4.69) is 0 Å². The smallest absolute Gasteiger partial charge is 0.337 e. The number of amides is 2. The summed E-state index contributed by atoms with van der Waals surface area (Å²) in [7, 11) is 2.70. The highest BCUT2D eigenvalue weighted by atomic mass is 35.5. The zero-order valence-electron chi connectivity index (χ0n) is 31.5. The van der Waals surface area contributed by atoms with E-state index in [1.54, 1.807) is 46.2 Å². The summed E-state index contributed by atoms with van der Waals surface area (Å²) in [6.07, 6.45) is 1.52. The molecule has 10 rings (SSSR count). The van der Waals surface area contributed by atoms with Crippen LogP contribution in [0.15, 0.2) is 146 Å². The van der Waals surface area contributed by atoms with E-state index < -0.39 is 22.8 Å². The molecule has 0 N–H and O–H groups in total. The Balaban J connectivity index is 0.000000150. The summed E-state index contributed by atoms with van der Waals surface area (Å²) in [5, 5.41) is 1.37. The zero-order chi connectivity index (χ0) is 40.3. The van der Waals surface area contributed by atoms with Crippen molar-refractivity contribution in [1.82, 2.24) is 0 Å². The molecule has 8 nitrogen and oxygen atoms in total. The maximum atomic E-state index is 13.7. The summed E-state index contributed by atoms with van der Waals surface area (Å²) in [6.45, 7) is 0. The van der Waals surface area contributed by atoms with Crippen LogP contribution in [0.2, 0.25) is 10.0 Å². The molecule has 2 heterocycles. The van der Waals surface area contributed by atoms with Gasteiger partial charge in [0.05, 0.1) is 47.6 Å². The predicted octanol–water partition coefficient (Wildman–Crippen LogP) is 10.5. The molecule has 6 aromatic rings. The van der Waals surface area contributed by atoms with Crippen molar-refractivity contribution in [1.29, 1.82) is 0 Å². The fourth-order valence-electron chi connectivity index (χ4n) is 9.02. The lowest BCUT2D eigenvalue weighted by Crippen LogP contribution is -2.29.